The van der Waals surface area contributed by atoms with E-state index in [1.165, 1.54) is 0 Å². The molecule has 1 N–H and O–H groups in total. The predicted octanol–water partition coefficient (Wildman–Crippen LogP) is 5.42. The van der Waals surface area contributed by atoms with Crippen molar-refractivity contribution in [2.24, 2.45) is 0 Å². The third kappa shape index (κ3) is 4.08. The van der Waals surface area contributed by atoms with Crippen molar-refractivity contribution in [3.05, 3.63) is 56.5 Å². The molecular formula is C16H17Br2NO. The SMILES string of the molecule is CCNCc1ccc(Br)cc1Oc1cc(Br)ccc1C. The Labute approximate surface area is 136 Å². The molecule has 0 heterocycles. The Balaban J connectivity index is 2.31. The van der Waals surface area contributed by atoms with Gasteiger partial charge in [-0.2, -0.15) is 0 Å². The van der Waals surface area contributed by atoms with E-state index in [4.69, 9.17) is 4.74 Å². The summed E-state index contributed by atoms with van der Waals surface area (Å²) in [5, 5.41) is 3.33. The highest BCUT2D eigenvalue weighted by Crippen LogP contribution is 2.32. The number of aryl methyl sites for hydroxylation is 1. The van der Waals surface area contributed by atoms with Crippen LogP contribution in [0.25, 0.3) is 0 Å². The number of halogens is 2. The summed E-state index contributed by atoms with van der Waals surface area (Å²) in [6.45, 7) is 5.87. The number of hydrogen-bond acceptors (Lipinski definition) is 2. The second kappa shape index (κ2) is 7.25. The molecule has 0 aliphatic carbocycles. The van der Waals surface area contributed by atoms with Crippen LogP contribution < -0.4 is 10.1 Å². The molecule has 2 aromatic rings. The molecule has 0 atom stereocenters. The van der Waals surface area contributed by atoms with Crippen molar-refractivity contribution >= 4 is 31.9 Å². The van der Waals surface area contributed by atoms with Crippen molar-refractivity contribution in [3.8, 4) is 11.5 Å². The molecule has 0 aromatic heterocycles. The number of ether oxygens (including phenoxy) is 1. The average Bonchev–Trinajstić information content (AvgIpc) is 2.42. The lowest BCUT2D eigenvalue weighted by molar-refractivity contribution is 0.469. The highest BCUT2D eigenvalue weighted by atomic mass is 79.9. The van der Waals surface area contributed by atoms with Crippen LogP contribution in [0.3, 0.4) is 0 Å². The van der Waals surface area contributed by atoms with Gasteiger partial charge in [0.2, 0.25) is 0 Å². The van der Waals surface area contributed by atoms with Crippen LogP contribution in [0.1, 0.15) is 18.1 Å². The molecule has 2 rings (SSSR count). The van der Waals surface area contributed by atoms with E-state index in [9.17, 15) is 0 Å². The van der Waals surface area contributed by atoms with Gasteiger partial charge in [0.25, 0.3) is 0 Å². The van der Waals surface area contributed by atoms with Gasteiger partial charge in [-0.25, -0.2) is 0 Å². The average molecular weight is 399 g/mol. The summed E-state index contributed by atoms with van der Waals surface area (Å²) in [5.74, 6) is 1.75. The van der Waals surface area contributed by atoms with E-state index >= 15 is 0 Å². The molecule has 0 radical (unpaired) electrons. The summed E-state index contributed by atoms with van der Waals surface area (Å²) >= 11 is 6.98. The second-order valence-electron chi connectivity index (χ2n) is 4.54. The first-order chi connectivity index (χ1) is 9.60. The van der Waals surface area contributed by atoms with Crippen molar-refractivity contribution < 1.29 is 4.74 Å². The first-order valence-corrected chi connectivity index (χ1v) is 8.12. The smallest absolute Gasteiger partial charge is 0.133 e. The fraction of sp³-hybridized carbons (Fsp3) is 0.250. The Kier molecular flexibility index (Phi) is 5.64. The molecule has 2 aromatic carbocycles. The van der Waals surface area contributed by atoms with E-state index < -0.39 is 0 Å². The van der Waals surface area contributed by atoms with Crippen molar-refractivity contribution in [1.82, 2.24) is 5.32 Å². The minimum absolute atomic E-state index is 0.798. The Hall–Kier alpha value is -0.840. The zero-order chi connectivity index (χ0) is 14.5. The fourth-order valence-corrected chi connectivity index (χ4v) is 2.51. The van der Waals surface area contributed by atoms with Crippen molar-refractivity contribution in [2.45, 2.75) is 20.4 Å². The summed E-state index contributed by atoms with van der Waals surface area (Å²) in [6.07, 6.45) is 0. The summed E-state index contributed by atoms with van der Waals surface area (Å²) in [6, 6.07) is 12.2. The van der Waals surface area contributed by atoms with Crippen molar-refractivity contribution in [1.29, 1.82) is 0 Å². The highest BCUT2D eigenvalue weighted by Gasteiger charge is 2.08. The van der Waals surface area contributed by atoms with Crippen LogP contribution in [0.5, 0.6) is 11.5 Å². The molecule has 0 saturated heterocycles. The van der Waals surface area contributed by atoms with E-state index in [-0.39, 0.29) is 0 Å². The van der Waals surface area contributed by atoms with E-state index in [2.05, 4.69) is 50.2 Å². The normalized spacial score (nSPS) is 10.6. The van der Waals surface area contributed by atoms with Gasteiger partial charge in [0.05, 0.1) is 0 Å². The van der Waals surface area contributed by atoms with Gasteiger partial charge in [0.1, 0.15) is 11.5 Å². The summed E-state index contributed by atoms with van der Waals surface area (Å²) in [7, 11) is 0. The Bertz CT molecular complexity index is 599. The minimum atomic E-state index is 0.798. The summed E-state index contributed by atoms with van der Waals surface area (Å²) in [5.41, 5.74) is 2.26. The minimum Gasteiger partial charge on any atom is -0.457 e. The molecule has 0 bridgehead atoms. The highest BCUT2D eigenvalue weighted by molar-refractivity contribution is 9.10. The van der Waals surface area contributed by atoms with Crippen LogP contribution in [-0.4, -0.2) is 6.54 Å². The van der Waals surface area contributed by atoms with E-state index in [1.807, 2.05) is 37.3 Å². The van der Waals surface area contributed by atoms with Crippen LogP contribution in [-0.2, 0) is 6.54 Å². The molecule has 2 nitrogen and oxygen atoms in total. The quantitative estimate of drug-likeness (QED) is 0.725. The lowest BCUT2D eigenvalue weighted by Gasteiger charge is -2.14. The van der Waals surface area contributed by atoms with Gasteiger partial charge < -0.3 is 10.1 Å². The van der Waals surface area contributed by atoms with Gasteiger partial charge in [0, 0.05) is 21.1 Å². The maximum Gasteiger partial charge on any atom is 0.133 e. The van der Waals surface area contributed by atoms with Crippen LogP contribution in [0, 0.1) is 6.92 Å². The third-order valence-corrected chi connectivity index (χ3v) is 3.95. The van der Waals surface area contributed by atoms with Crippen LogP contribution in [0.15, 0.2) is 45.3 Å². The summed E-state index contributed by atoms with van der Waals surface area (Å²) < 4.78 is 8.13. The molecule has 0 aliphatic heterocycles. The molecule has 0 spiro atoms. The molecule has 0 amide bonds. The maximum absolute atomic E-state index is 6.10. The van der Waals surface area contributed by atoms with Gasteiger partial charge in [-0.1, -0.05) is 50.9 Å². The molecule has 0 fully saturated rings. The Morgan fingerprint density at radius 2 is 1.65 bits per heavy atom. The van der Waals surface area contributed by atoms with Crippen LogP contribution >= 0.6 is 31.9 Å². The standard InChI is InChI=1S/C16H17Br2NO/c1-3-19-10-12-5-7-14(18)9-16(12)20-15-8-13(17)6-4-11(15)2/h4-9,19H,3,10H2,1-2H3. The largest absolute Gasteiger partial charge is 0.457 e. The third-order valence-electron chi connectivity index (χ3n) is 2.96. The van der Waals surface area contributed by atoms with E-state index in [0.717, 1.165) is 44.7 Å². The zero-order valence-electron chi connectivity index (χ0n) is 11.5. The zero-order valence-corrected chi connectivity index (χ0v) is 14.7. The first kappa shape index (κ1) is 15.5. The van der Waals surface area contributed by atoms with Crippen LogP contribution in [0.4, 0.5) is 0 Å². The van der Waals surface area contributed by atoms with Gasteiger partial charge in [0.15, 0.2) is 0 Å². The summed E-state index contributed by atoms with van der Waals surface area (Å²) in [4.78, 5) is 0. The van der Waals surface area contributed by atoms with Crippen molar-refractivity contribution in [3.63, 3.8) is 0 Å². The number of nitrogens with one attached hydrogen (secondary N) is 1. The maximum atomic E-state index is 6.10. The number of benzene rings is 2. The van der Waals surface area contributed by atoms with Gasteiger partial charge >= 0.3 is 0 Å². The Morgan fingerprint density at radius 3 is 2.35 bits per heavy atom. The monoisotopic (exact) mass is 397 g/mol. The lowest BCUT2D eigenvalue weighted by atomic mass is 10.2. The second-order valence-corrected chi connectivity index (χ2v) is 6.38. The molecular weight excluding hydrogens is 382 g/mol. The lowest BCUT2D eigenvalue weighted by Crippen LogP contribution is -2.12. The topological polar surface area (TPSA) is 21.3 Å². The first-order valence-electron chi connectivity index (χ1n) is 6.53. The molecule has 0 aliphatic rings. The predicted molar refractivity (Wildman–Crippen MR) is 90.5 cm³/mol. The Morgan fingerprint density at radius 1 is 1.00 bits per heavy atom. The van der Waals surface area contributed by atoms with Gasteiger partial charge in [-0.3, -0.25) is 0 Å². The molecule has 0 saturated carbocycles. The molecule has 106 valence electrons. The van der Waals surface area contributed by atoms with Gasteiger partial charge in [-0.05, 0) is 43.3 Å². The van der Waals surface area contributed by atoms with E-state index in [0.29, 0.717) is 0 Å². The molecule has 4 heteroatoms. The molecule has 20 heavy (non-hydrogen) atoms. The number of rotatable bonds is 5. The van der Waals surface area contributed by atoms with Crippen molar-refractivity contribution in [2.75, 3.05) is 6.54 Å². The van der Waals surface area contributed by atoms with Gasteiger partial charge in [-0.15, -0.1) is 0 Å². The fourth-order valence-electron chi connectivity index (χ4n) is 1.83. The molecule has 0 unspecified atom stereocenters. The van der Waals surface area contributed by atoms with Crippen LogP contribution in [0.2, 0.25) is 0 Å². The van der Waals surface area contributed by atoms with E-state index in [1.54, 1.807) is 0 Å². The number of hydrogen-bond donors (Lipinski definition) is 1.